The monoisotopic (exact) mass is 436 g/mol. The summed E-state index contributed by atoms with van der Waals surface area (Å²) in [4.78, 5) is 20.8. The number of sulfonamides is 1. The molecule has 1 fully saturated rings. The fourth-order valence-corrected chi connectivity index (χ4v) is 5.50. The van der Waals surface area contributed by atoms with E-state index in [4.69, 9.17) is 14.6 Å². The Morgan fingerprint density at radius 2 is 2.17 bits per heavy atom. The summed E-state index contributed by atoms with van der Waals surface area (Å²) in [6.07, 6.45) is 6.03. The number of carboxylic acid groups (broad SMARTS) is 1. The van der Waals surface area contributed by atoms with Crippen LogP contribution in [-0.2, 0) is 26.0 Å². The molecule has 162 valence electrons. The lowest BCUT2D eigenvalue weighted by molar-refractivity contribution is -0.123. The van der Waals surface area contributed by atoms with Crippen molar-refractivity contribution in [3.05, 3.63) is 42.2 Å². The summed E-state index contributed by atoms with van der Waals surface area (Å²) < 4.78 is 33.1. The van der Waals surface area contributed by atoms with Crippen molar-refractivity contribution in [2.75, 3.05) is 13.2 Å². The minimum atomic E-state index is -3.62. The molecule has 1 amide bonds. The molecule has 2 aromatic rings. The van der Waals surface area contributed by atoms with Crippen molar-refractivity contribution in [2.24, 2.45) is 0 Å². The highest BCUT2D eigenvalue weighted by molar-refractivity contribution is 7.89. The van der Waals surface area contributed by atoms with Crippen molar-refractivity contribution in [3.63, 3.8) is 0 Å². The summed E-state index contributed by atoms with van der Waals surface area (Å²) in [7, 11) is -3.62. The molecule has 0 spiro atoms. The van der Waals surface area contributed by atoms with E-state index in [1.165, 1.54) is 4.31 Å². The SMILES string of the molecule is O=C(CCCc1cn[nH]c1)N[C@H]1C[C@H]2COc3ccccc3S(=O)(=O)N2C1.O=CO. The number of carbonyl (C=O) groups is 2. The molecule has 1 aromatic carbocycles. The fourth-order valence-electron chi connectivity index (χ4n) is 3.70. The van der Waals surface area contributed by atoms with Crippen molar-refractivity contribution in [3.8, 4) is 5.75 Å². The molecule has 2 aliphatic heterocycles. The summed E-state index contributed by atoms with van der Waals surface area (Å²) in [5.74, 6) is 0.339. The third kappa shape index (κ3) is 4.97. The largest absolute Gasteiger partial charge is 0.490 e. The molecule has 30 heavy (non-hydrogen) atoms. The maximum Gasteiger partial charge on any atom is 0.290 e. The normalized spacial score (nSPS) is 21.7. The molecular formula is C19H24N4O6S. The van der Waals surface area contributed by atoms with Crippen molar-refractivity contribution < 1.29 is 27.9 Å². The summed E-state index contributed by atoms with van der Waals surface area (Å²) in [6, 6.07) is 6.23. The van der Waals surface area contributed by atoms with Crippen LogP contribution in [0.1, 0.15) is 24.8 Å². The van der Waals surface area contributed by atoms with Crippen LogP contribution in [0, 0.1) is 0 Å². The van der Waals surface area contributed by atoms with Gasteiger partial charge in [-0.15, -0.1) is 0 Å². The maximum absolute atomic E-state index is 13.0. The van der Waals surface area contributed by atoms with Crippen LogP contribution in [0.4, 0.5) is 0 Å². The minimum Gasteiger partial charge on any atom is -0.490 e. The number of nitrogens with one attached hydrogen (secondary N) is 2. The molecule has 1 saturated heterocycles. The van der Waals surface area contributed by atoms with Gasteiger partial charge in [-0.25, -0.2) is 8.42 Å². The predicted molar refractivity (Wildman–Crippen MR) is 106 cm³/mol. The average Bonchev–Trinajstić information content (AvgIpc) is 3.35. The third-order valence-corrected chi connectivity index (χ3v) is 6.98. The number of aryl methyl sites for hydroxylation is 1. The van der Waals surface area contributed by atoms with Crippen LogP contribution in [0.5, 0.6) is 5.75 Å². The maximum atomic E-state index is 13.0. The van der Waals surface area contributed by atoms with Gasteiger partial charge in [-0.05, 0) is 37.0 Å². The standard InChI is InChI=1S/C18H22N4O4S.CH2O2/c23-18(7-3-4-13-9-19-20-10-13)21-14-8-15-12-26-16-5-1-2-6-17(16)27(24,25)22(15)11-14;2-1-3/h1-2,5-6,9-10,14-15H,3-4,7-8,11-12H2,(H,19,20)(H,21,23);1H,(H,2,3)/t14-,15-;/m0./s1. The van der Waals surface area contributed by atoms with E-state index in [0.29, 0.717) is 25.2 Å². The number of aromatic amines is 1. The molecule has 2 aliphatic rings. The number of carbonyl (C=O) groups excluding carboxylic acids is 1. The first-order chi connectivity index (χ1) is 14.5. The highest BCUT2D eigenvalue weighted by atomic mass is 32.2. The fraction of sp³-hybridized carbons (Fsp3) is 0.421. The Bertz CT molecular complexity index is 963. The van der Waals surface area contributed by atoms with E-state index in [-0.39, 0.29) is 35.9 Å². The van der Waals surface area contributed by atoms with Crippen molar-refractivity contribution in [2.45, 2.75) is 42.7 Å². The minimum absolute atomic E-state index is 0.0557. The van der Waals surface area contributed by atoms with Gasteiger partial charge in [0.2, 0.25) is 15.9 Å². The molecule has 0 saturated carbocycles. The molecule has 4 rings (SSSR count). The number of hydrogen-bond donors (Lipinski definition) is 3. The number of hydrogen-bond acceptors (Lipinski definition) is 6. The molecule has 3 N–H and O–H groups in total. The van der Waals surface area contributed by atoms with E-state index in [0.717, 1.165) is 18.4 Å². The second-order valence-corrected chi connectivity index (χ2v) is 8.91. The lowest BCUT2D eigenvalue weighted by Crippen LogP contribution is -2.39. The second kappa shape index (κ2) is 9.72. The van der Waals surface area contributed by atoms with Crippen LogP contribution in [0.2, 0.25) is 0 Å². The molecule has 11 heteroatoms. The molecule has 0 radical (unpaired) electrons. The summed E-state index contributed by atoms with van der Waals surface area (Å²) in [5.41, 5.74) is 1.07. The number of H-pyrrole nitrogens is 1. The molecule has 0 unspecified atom stereocenters. The van der Waals surface area contributed by atoms with Crippen LogP contribution >= 0.6 is 0 Å². The first-order valence-electron chi connectivity index (χ1n) is 9.54. The Morgan fingerprint density at radius 3 is 2.90 bits per heavy atom. The Labute approximate surface area is 174 Å². The molecule has 3 heterocycles. The van der Waals surface area contributed by atoms with E-state index in [1.807, 2.05) is 6.20 Å². The first-order valence-corrected chi connectivity index (χ1v) is 11.0. The number of benzene rings is 1. The molecule has 10 nitrogen and oxygen atoms in total. The average molecular weight is 436 g/mol. The first kappa shape index (κ1) is 21.8. The Balaban J connectivity index is 0.000000806. The zero-order valence-corrected chi connectivity index (χ0v) is 17.0. The van der Waals surface area contributed by atoms with Gasteiger partial charge >= 0.3 is 0 Å². The van der Waals surface area contributed by atoms with Gasteiger partial charge in [0.25, 0.3) is 6.47 Å². The Morgan fingerprint density at radius 1 is 1.40 bits per heavy atom. The van der Waals surface area contributed by atoms with Gasteiger partial charge in [0, 0.05) is 25.2 Å². The van der Waals surface area contributed by atoms with Gasteiger partial charge in [0.05, 0.1) is 12.2 Å². The number of amides is 1. The van der Waals surface area contributed by atoms with E-state index in [2.05, 4.69) is 15.5 Å². The zero-order valence-electron chi connectivity index (χ0n) is 16.2. The van der Waals surface area contributed by atoms with Crippen LogP contribution in [0.25, 0.3) is 0 Å². The lowest BCUT2D eigenvalue weighted by atomic mass is 10.1. The summed E-state index contributed by atoms with van der Waals surface area (Å²) >= 11 is 0. The second-order valence-electron chi connectivity index (χ2n) is 7.05. The number of para-hydroxylation sites is 1. The van der Waals surface area contributed by atoms with Gasteiger partial charge in [-0.3, -0.25) is 14.7 Å². The van der Waals surface area contributed by atoms with Crippen LogP contribution in [0.3, 0.4) is 0 Å². The molecule has 0 aliphatic carbocycles. The number of ether oxygens (including phenoxy) is 1. The highest BCUT2D eigenvalue weighted by Crippen LogP contribution is 2.35. The van der Waals surface area contributed by atoms with E-state index >= 15 is 0 Å². The smallest absolute Gasteiger partial charge is 0.290 e. The van der Waals surface area contributed by atoms with Crippen LogP contribution in [-0.4, -0.2) is 65.6 Å². The predicted octanol–water partition coefficient (Wildman–Crippen LogP) is 0.774. The molecule has 1 aromatic heterocycles. The van der Waals surface area contributed by atoms with Crippen molar-refractivity contribution >= 4 is 22.4 Å². The van der Waals surface area contributed by atoms with Gasteiger partial charge in [0.1, 0.15) is 17.3 Å². The van der Waals surface area contributed by atoms with Crippen molar-refractivity contribution in [1.82, 2.24) is 19.8 Å². The van der Waals surface area contributed by atoms with Gasteiger partial charge in [-0.1, -0.05) is 12.1 Å². The van der Waals surface area contributed by atoms with Crippen LogP contribution < -0.4 is 10.1 Å². The Kier molecular flexibility index (Phi) is 7.06. The molecule has 0 bridgehead atoms. The summed E-state index contributed by atoms with van der Waals surface area (Å²) in [5, 5.41) is 16.5. The topological polar surface area (TPSA) is 142 Å². The van der Waals surface area contributed by atoms with E-state index < -0.39 is 10.0 Å². The number of nitrogens with zero attached hydrogens (tertiary/aromatic N) is 2. The quantitative estimate of drug-likeness (QED) is 0.588. The van der Waals surface area contributed by atoms with Gasteiger partial charge in [-0.2, -0.15) is 9.40 Å². The summed E-state index contributed by atoms with van der Waals surface area (Å²) in [6.45, 7) is 0.321. The van der Waals surface area contributed by atoms with Gasteiger partial charge in [0.15, 0.2) is 0 Å². The number of rotatable bonds is 5. The van der Waals surface area contributed by atoms with Gasteiger partial charge < -0.3 is 15.2 Å². The Hall–Kier alpha value is -2.92. The molecular weight excluding hydrogens is 412 g/mol. The zero-order chi connectivity index (χ0) is 21.6. The molecule has 2 atom stereocenters. The van der Waals surface area contributed by atoms with E-state index in [1.54, 1.807) is 30.5 Å². The van der Waals surface area contributed by atoms with Crippen molar-refractivity contribution in [1.29, 1.82) is 0 Å². The van der Waals surface area contributed by atoms with E-state index in [9.17, 15) is 13.2 Å². The third-order valence-electron chi connectivity index (χ3n) is 5.02. The van der Waals surface area contributed by atoms with Crippen LogP contribution in [0.15, 0.2) is 41.6 Å². The highest BCUT2D eigenvalue weighted by Gasteiger charge is 2.43. The lowest BCUT2D eigenvalue weighted by Gasteiger charge is -2.19. The number of fused-ring (bicyclic) bond motifs is 2. The number of aromatic nitrogens is 2.